The maximum atomic E-state index is 6.27. The Morgan fingerprint density at radius 3 is 2.81 bits per heavy atom. The average molecular weight is 341 g/mol. The SMILES string of the molecule is Clc1cccc(-c2cnc(CNC3CCCCC3)s2)c1Cl. The minimum Gasteiger partial charge on any atom is -0.308 e. The van der Waals surface area contributed by atoms with Gasteiger partial charge in [0.2, 0.25) is 0 Å². The lowest BCUT2D eigenvalue weighted by molar-refractivity contribution is 0.372. The highest BCUT2D eigenvalue weighted by Gasteiger charge is 2.14. The van der Waals surface area contributed by atoms with Crippen LogP contribution in [-0.4, -0.2) is 11.0 Å². The van der Waals surface area contributed by atoms with Gasteiger partial charge in [-0.2, -0.15) is 0 Å². The predicted octanol–water partition coefficient (Wildman–Crippen LogP) is 5.54. The molecule has 2 nitrogen and oxygen atoms in total. The van der Waals surface area contributed by atoms with Crippen LogP contribution < -0.4 is 5.32 Å². The number of hydrogen-bond donors (Lipinski definition) is 1. The molecule has 0 unspecified atom stereocenters. The summed E-state index contributed by atoms with van der Waals surface area (Å²) in [5.74, 6) is 0. The summed E-state index contributed by atoms with van der Waals surface area (Å²) in [7, 11) is 0. The van der Waals surface area contributed by atoms with Crippen molar-refractivity contribution in [2.45, 2.75) is 44.7 Å². The van der Waals surface area contributed by atoms with Crippen molar-refractivity contribution < 1.29 is 0 Å². The van der Waals surface area contributed by atoms with Crippen molar-refractivity contribution in [1.29, 1.82) is 0 Å². The second kappa shape index (κ2) is 7.10. The Bertz CT molecular complexity index is 606. The maximum Gasteiger partial charge on any atom is 0.107 e. The van der Waals surface area contributed by atoms with E-state index in [1.54, 1.807) is 17.4 Å². The van der Waals surface area contributed by atoms with Crippen LogP contribution >= 0.6 is 34.5 Å². The van der Waals surface area contributed by atoms with Crippen LogP contribution in [0.5, 0.6) is 0 Å². The zero-order valence-corrected chi connectivity index (χ0v) is 14.1. The van der Waals surface area contributed by atoms with Gasteiger partial charge in [-0.05, 0) is 18.9 Å². The Labute approximate surface area is 139 Å². The number of nitrogens with zero attached hydrogens (tertiary/aromatic N) is 1. The number of thiazole rings is 1. The smallest absolute Gasteiger partial charge is 0.107 e. The van der Waals surface area contributed by atoms with E-state index in [0.717, 1.165) is 22.0 Å². The van der Waals surface area contributed by atoms with Crippen molar-refractivity contribution in [3.8, 4) is 10.4 Å². The van der Waals surface area contributed by atoms with Crippen LogP contribution in [0.4, 0.5) is 0 Å². The summed E-state index contributed by atoms with van der Waals surface area (Å²) < 4.78 is 0. The lowest BCUT2D eigenvalue weighted by Crippen LogP contribution is -2.30. The molecule has 1 saturated carbocycles. The van der Waals surface area contributed by atoms with Crippen LogP contribution in [-0.2, 0) is 6.54 Å². The highest BCUT2D eigenvalue weighted by atomic mass is 35.5. The fourth-order valence-corrected chi connectivity index (χ4v) is 4.11. The molecule has 0 atom stereocenters. The molecule has 1 fully saturated rings. The molecule has 0 saturated heterocycles. The molecule has 1 aliphatic rings. The molecule has 0 aliphatic heterocycles. The predicted molar refractivity (Wildman–Crippen MR) is 91.3 cm³/mol. The first kappa shape index (κ1) is 15.3. The van der Waals surface area contributed by atoms with Crippen LogP contribution in [0.3, 0.4) is 0 Å². The van der Waals surface area contributed by atoms with Crippen LogP contribution in [0, 0.1) is 0 Å². The van der Waals surface area contributed by atoms with E-state index in [1.165, 1.54) is 32.1 Å². The highest BCUT2D eigenvalue weighted by Crippen LogP contribution is 2.36. The molecule has 1 aliphatic carbocycles. The average Bonchev–Trinajstić information content (AvgIpc) is 2.98. The van der Waals surface area contributed by atoms with Gasteiger partial charge < -0.3 is 5.32 Å². The van der Waals surface area contributed by atoms with Gasteiger partial charge in [-0.25, -0.2) is 4.98 Å². The van der Waals surface area contributed by atoms with E-state index in [1.807, 2.05) is 18.3 Å². The summed E-state index contributed by atoms with van der Waals surface area (Å²) in [5.41, 5.74) is 0.964. The molecule has 1 N–H and O–H groups in total. The van der Waals surface area contributed by atoms with E-state index < -0.39 is 0 Å². The molecule has 2 aromatic rings. The van der Waals surface area contributed by atoms with Crippen LogP contribution in [0.1, 0.15) is 37.1 Å². The van der Waals surface area contributed by atoms with E-state index in [-0.39, 0.29) is 0 Å². The quantitative estimate of drug-likeness (QED) is 0.790. The molecule has 1 heterocycles. The molecule has 21 heavy (non-hydrogen) atoms. The van der Waals surface area contributed by atoms with Gasteiger partial charge in [-0.1, -0.05) is 54.6 Å². The van der Waals surface area contributed by atoms with Gasteiger partial charge in [0.1, 0.15) is 5.01 Å². The molecule has 5 heteroatoms. The monoisotopic (exact) mass is 340 g/mol. The third-order valence-corrected chi connectivity index (χ3v) is 5.77. The van der Waals surface area contributed by atoms with Crippen molar-refractivity contribution in [3.63, 3.8) is 0 Å². The first-order chi connectivity index (χ1) is 10.2. The number of hydrogen-bond acceptors (Lipinski definition) is 3. The van der Waals surface area contributed by atoms with Gasteiger partial charge >= 0.3 is 0 Å². The highest BCUT2D eigenvalue weighted by molar-refractivity contribution is 7.15. The number of rotatable bonds is 4. The van der Waals surface area contributed by atoms with Gasteiger partial charge in [-0.15, -0.1) is 11.3 Å². The van der Waals surface area contributed by atoms with E-state index in [9.17, 15) is 0 Å². The molecule has 1 aromatic carbocycles. The molecule has 0 spiro atoms. The number of nitrogens with one attached hydrogen (secondary N) is 1. The standard InChI is InChI=1S/C16H18Cl2N2S/c17-13-8-4-7-12(16(13)18)14-9-20-15(21-14)10-19-11-5-2-1-3-6-11/h4,7-9,11,19H,1-3,5-6,10H2. The fraction of sp³-hybridized carbons (Fsp3) is 0.438. The zero-order chi connectivity index (χ0) is 14.7. The van der Waals surface area contributed by atoms with Crippen molar-refractivity contribution in [2.24, 2.45) is 0 Å². The van der Waals surface area contributed by atoms with Crippen LogP contribution in [0.25, 0.3) is 10.4 Å². The van der Waals surface area contributed by atoms with E-state index in [2.05, 4.69) is 10.3 Å². The maximum absolute atomic E-state index is 6.27. The summed E-state index contributed by atoms with van der Waals surface area (Å²) in [6.07, 6.45) is 8.54. The lowest BCUT2D eigenvalue weighted by atomic mass is 9.96. The summed E-state index contributed by atoms with van der Waals surface area (Å²) in [5, 5.41) is 5.91. The molecule has 0 amide bonds. The third-order valence-electron chi connectivity index (χ3n) is 3.92. The van der Waals surface area contributed by atoms with Gasteiger partial charge in [0.05, 0.1) is 14.9 Å². The Morgan fingerprint density at radius 2 is 2.00 bits per heavy atom. The Hall–Kier alpha value is -0.610. The minimum absolute atomic E-state index is 0.587. The van der Waals surface area contributed by atoms with Gasteiger partial charge in [0, 0.05) is 24.3 Å². The summed E-state index contributed by atoms with van der Waals surface area (Å²) in [4.78, 5) is 5.57. The summed E-state index contributed by atoms with van der Waals surface area (Å²) in [6, 6.07) is 6.37. The zero-order valence-electron chi connectivity index (χ0n) is 11.7. The van der Waals surface area contributed by atoms with Crippen molar-refractivity contribution in [3.05, 3.63) is 39.4 Å². The first-order valence-corrected chi connectivity index (χ1v) is 8.94. The molecule has 0 bridgehead atoms. The summed E-state index contributed by atoms with van der Waals surface area (Å²) in [6.45, 7) is 0.841. The second-order valence-corrected chi connectivity index (χ2v) is 7.34. The molecular weight excluding hydrogens is 323 g/mol. The largest absolute Gasteiger partial charge is 0.308 e. The number of aromatic nitrogens is 1. The van der Waals surface area contributed by atoms with Gasteiger partial charge in [-0.3, -0.25) is 0 Å². The van der Waals surface area contributed by atoms with Gasteiger partial charge in [0.25, 0.3) is 0 Å². The molecule has 1 aromatic heterocycles. The third kappa shape index (κ3) is 3.78. The fourth-order valence-electron chi connectivity index (χ4n) is 2.75. The van der Waals surface area contributed by atoms with Gasteiger partial charge in [0.15, 0.2) is 0 Å². The lowest BCUT2D eigenvalue weighted by Gasteiger charge is -2.22. The van der Waals surface area contributed by atoms with Crippen LogP contribution in [0.15, 0.2) is 24.4 Å². The van der Waals surface area contributed by atoms with Crippen molar-refractivity contribution in [2.75, 3.05) is 0 Å². The minimum atomic E-state index is 0.587. The number of halogens is 2. The molecule has 112 valence electrons. The molecule has 0 radical (unpaired) electrons. The molecule has 3 rings (SSSR count). The van der Waals surface area contributed by atoms with E-state index >= 15 is 0 Å². The van der Waals surface area contributed by atoms with Crippen molar-refractivity contribution in [1.82, 2.24) is 10.3 Å². The Balaban J connectivity index is 1.67. The van der Waals surface area contributed by atoms with Crippen molar-refractivity contribution >= 4 is 34.5 Å². The Kier molecular flexibility index (Phi) is 5.17. The normalized spacial score (nSPS) is 16.3. The van der Waals surface area contributed by atoms with E-state index in [4.69, 9.17) is 23.2 Å². The Morgan fingerprint density at radius 1 is 1.19 bits per heavy atom. The number of benzene rings is 1. The first-order valence-electron chi connectivity index (χ1n) is 7.36. The molecular formula is C16H18Cl2N2S. The van der Waals surface area contributed by atoms with E-state index in [0.29, 0.717) is 16.1 Å². The summed E-state index contributed by atoms with van der Waals surface area (Å²) >= 11 is 14.0. The second-order valence-electron chi connectivity index (χ2n) is 5.44. The topological polar surface area (TPSA) is 24.9 Å². The van der Waals surface area contributed by atoms with Crippen LogP contribution in [0.2, 0.25) is 10.0 Å².